The van der Waals surface area contributed by atoms with E-state index in [1.807, 2.05) is 26.0 Å². The summed E-state index contributed by atoms with van der Waals surface area (Å²) in [4.78, 5) is 11.4. The zero-order valence-electron chi connectivity index (χ0n) is 12.4. The van der Waals surface area contributed by atoms with Crippen LogP contribution in [0.4, 0.5) is 0 Å². The van der Waals surface area contributed by atoms with Crippen LogP contribution in [0.15, 0.2) is 24.3 Å². The van der Waals surface area contributed by atoms with Crippen LogP contribution in [-0.4, -0.2) is 29.3 Å². The molecule has 0 radical (unpaired) electrons. The van der Waals surface area contributed by atoms with Gasteiger partial charge in [-0.25, -0.2) is 0 Å². The number of benzene rings is 1. The van der Waals surface area contributed by atoms with Gasteiger partial charge in [0, 0.05) is 17.5 Å². The van der Waals surface area contributed by atoms with Gasteiger partial charge in [-0.3, -0.25) is 4.79 Å². The molecule has 0 bridgehead atoms. The van der Waals surface area contributed by atoms with Crippen molar-refractivity contribution in [2.75, 3.05) is 6.61 Å². The second-order valence-electron chi connectivity index (χ2n) is 6.30. The molecular formula is C16H22ClNO3. The van der Waals surface area contributed by atoms with Crippen molar-refractivity contribution in [1.29, 1.82) is 0 Å². The lowest BCUT2D eigenvalue weighted by atomic mass is 9.73. The van der Waals surface area contributed by atoms with Crippen LogP contribution in [0.25, 0.3) is 0 Å². The number of carboxylic acids is 1. The molecule has 0 amide bonds. The van der Waals surface area contributed by atoms with Crippen molar-refractivity contribution in [3.8, 4) is 0 Å². The minimum Gasteiger partial charge on any atom is -0.480 e. The highest BCUT2D eigenvalue weighted by Crippen LogP contribution is 2.39. The number of ether oxygens (including phenoxy) is 1. The molecule has 0 aromatic heterocycles. The number of nitrogens with two attached hydrogens (primary N) is 1. The maximum absolute atomic E-state index is 11.4. The van der Waals surface area contributed by atoms with Crippen molar-refractivity contribution < 1.29 is 14.6 Å². The monoisotopic (exact) mass is 311 g/mol. The lowest BCUT2D eigenvalue weighted by molar-refractivity contribution is -0.140. The summed E-state index contributed by atoms with van der Waals surface area (Å²) in [5.74, 6) is -1.02. The van der Waals surface area contributed by atoms with Crippen LogP contribution in [0.3, 0.4) is 0 Å². The summed E-state index contributed by atoms with van der Waals surface area (Å²) in [7, 11) is 0. The average Bonchev–Trinajstić information content (AvgIpc) is 2.40. The first-order valence-corrected chi connectivity index (χ1v) is 7.56. The third-order valence-electron chi connectivity index (χ3n) is 4.17. The van der Waals surface area contributed by atoms with Crippen LogP contribution in [0.2, 0.25) is 5.02 Å². The molecule has 1 heterocycles. The Morgan fingerprint density at radius 3 is 2.57 bits per heavy atom. The zero-order valence-corrected chi connectivity index (χ0v) is 13.1. The Hall–Kier alpha value is -1.10. The van der Waals surface area contributed by atoms with Gasteiger partial charge in [-0.05, 0) is 50.3 Å². The number of aliphatic carboxylic acids is 1. The van der Waals surface area contributed by atoms with Crippen LogP contribution in [0, 0.1) is 5.92 Å². The van der Waals surface area contributed by atoms with E-state index in [0.717, 1.165) is 18.4 Å². The Morgan fingerprint density at radius 2 is 2.05 bits per heavy atom. The maximum atomic E-state index is 11.4. The Morgan fingerprint density at radius 1 is 1.43 bits per heavy atom. The van der Waals surface area contributed by atoms with Crippen molar-refractivity contribution in [3.63, 3.8) is 0 Å². The zero-order chi connectivity index (χ0) is 15.6. The highest BCUT2D eigenvalue weighted by Gasteiger charge is 2.38. The first-order valence-electron chi connectivity index (χ1n) is 7.18. The number of hydrogen-bond donors (Lipinski definition) is 2. The molecule has 1 aromatic rings. The quantitative estimate of drug-likeness (QED) is 0.896. The molecule has 1 aliphatic heterocycles. The van der Waals surface area contributed by atoms with Gasteiger partial charge >= 0.3 is 5.97 Å². The van der Waals surface area contributed by atoms with Gasteiger partial charge in [0.25, 0.3) is 0 Å². The molecule has 1 aliphatic rings. The molecule has 0 spiro atoms. The summed E-state index contributed by atoms with van der Waals surface area (Å²) in [5, 5.41) is 9.98. The first-order chi connectivity index (χ1) is 9.80. The van der Waals surface area contributed by atoms with Gasteiger partial charge < -0.3 is 15.6 Å². The standard InChI is InChI=1S/C16H22ClNO3/c1-16(2)9-11(7-8-21-16)13(14(18)15(19)20)10-3-5-12(17)6-4-10/h3-6,11,13-14H,7-9,18H2,1-2H3,(H,19,20)/t11-,13-,14-/m0/s1. The summed E-state index contributed by atoms with van der Waals surface area (Å²) in [5.41, 5.74) is 6.66. The molecule has 3 atom stereocenters. The molecule has 0 unspecified atom stereocenters. The smallest absolute Gasteiger partial charge is 0.321 e. The molecule has 1 aromatic carbocycles. The molecule has 0 saturated carbocycles. The van der Waals surface area contributed by atoms with Gasteiger partial charge in [0.2, 0.25) is 0 Å². The summed E-state index contributed by atoms with van der Waals surface area (Å²) in [6, 6.07) is 6.38. The van der Waals surface area contributed by atoms with E-state index in [0.29, 0.717) is 11.6 Å². The second kappa shape index (κ2) is 6.34. The van der Waals surface area contributed by atoms with Crippen molar-refractivity contribution in [2.24, 2.45) is 11.7 Å². The summed E-state index contributed by atoms with van der Waals surface area (Å²) < 4.78 is 5.73. The lowest BCUT2D eigenvalue weighted by Crippen LogP contribution is -2.44. The average molecular weight is 312 g/mol. The SMILES string of the molecule is CC1(C)C[C@@H]([C@H](c2ccc(Cl)cc2)[C@H](N)C(=O)O)CCO1. The minimum absolute atomic E-state index is 0.182. The van der Waals surface area contributed by atoms with Crippen molar-refractivity contribution in [2.45, 2.75) is 44.2 Å². The van der Waals surface area contributed by atoms with Gasteiger partial charge in [-0.2, -0.15) is 0 Å². The van der Waals surface area contributed by atoms with Crippen LogP contribution in [0.5, 0.6) is 0 Å². The van der Waals surface area contributed by atoms with Crippen molar-refractivity contribution in [3.05, 3.63) is 34.9 Å². The maximum Gasteiger partial charge on any atom is 0.321 e. The predicted octanol–water partition coefficient (Wildman–Crippen LogP) is 3.04. The molecule has 2 rings (SSSR count). The van der Waals surface area contributed by atoms with Crippen LogP contribution < -0.4 is 5.73 Å². The molecule has 5 heteroatoms. The molecule has 1 fully saturated rings. The number of rotatable bonds is 4. The highest BCUT2D eigenvalue weighted by molar-refractivity contribution is 6.30. The summed E-state index contributed by atoms with van der Waals surface area (Å²) in [6.45, 7) is 4.70. The molecule has 116 valence electrons. The lowest BCUT2D eigenvalue weighted by Gasteiger charge is -2.40. The number of halogens is 1. The normalized spacial score (nSPS) is 24.3. The highest BCUT2D eigenvalue weighted by atomic mass is 35.5. The van der Waals surface area contributed by atoms with E-state index in [1.54, 1.807) is 12.1 Å². The fourth-order valence-corrected chi connectivity index (χ4v) is 3.32. The second-order valence-corrected chi connectivity index (χ2v) is 6.74. The van der Waals surface area contributed by atoms with Crippen LogP contribution >= 0.6 is 11.6 Å². The largest absolute Gasteiger partial charge is 0.480 e. The third-order valence-corrected chi connectivity index (χ3v) is 4.42. The van der Waals surface area contributed by atoms with Crippen LogP contribution in [-0.2, 0) is 9.53 Å². The van der Waals surface area contributed by atoms with E-state index in [2.05, 4.69) is 0 Å². The molecule has 3 N–H and O–H groups in total. The van der Waals surface area contributed by atoms with E-state index < -0.39 is 12.0 Å². The molecule has 4 nitrogen and oxygen atoms in total. The van der Waals surface area contributed by atoms with Gasteiger partial charge in [0.1, 0.15) is 6.04 Å². The van der Waals surface area contributed by atoms with Crippen molar-refractivity contribution in [1.82, 2.24) is 0 Å². The Kier molecular flexibility index (Phi) is 4.91. The first kappa shape index (κ1) is 16.3. The number of carboxylic acid groups (broad SMARTS) is 1. The Balaban J connectivity index is 2.32. The molecule has 1 saturated heterocycles. The molecule has 0 aliphatic carbocycles. The van der Waals surface area contributed by atoms with Gasteiger partial charge in [0.05, 0.1) is 5.60 Å². The van der Waals surface area contributed by atoms with E-state index in [1.165, 1.54) is 0 Å². The third kappa shape index (κ3) is 3.96. The molecule has 21 heavy (non-hydrogen) atoms. The van der Waals surface area contributed by atoms with Gasteiger partial charge in [0.15, 0.2) is 0 Å². The van der Waals surface area contributed by atoms with Crippen LogP contribution in [0.1, 0.15) is 38.2 Å². The minimum atomic E-state index is -0.973. The fraction of sp³-hybridized carbons (Fsp3) is 0.562. The Labute approximate surface area is 130 Å². The van der Waals surface area contributed by atoms with Gasteiger partial charge in [-0.15, -0.1) is 0 Å². The van der Waals surface area contributed by atoms with E-state index >= 15 is 0 Å². The fourth-order valence-electron chi connectivity index (χ4n) is 3.20. The van der Waals surface area contributed by atoms with Crippen molar-refractivity contribution >= 4 is 17.6 Å². The van der Waals surface area contributed by atoms with E-state index in [-0.39, 0.29) is 17.4 Å². The number of carbonyl (C=O) groups is 1. The predicted molar refractivity (Wildman–Crippen MR) is 82.6 cm³/mol. The summed E-state index contributed by atoms with van der Waals surface area (Å²) in [6.07, 6.45) is 1.61. The topological polar surface area (TPSA) is 72.6 Å². The summed E-state index contributed by atoms with van der Waals surface area (Å²) >= 11 is 5.92. The Bertz CT molecular complexity index is 501. The van der Waals surface area contributed by atoms with E-state index in [4.69, 9.17) is 22.1 Å². The van der Waals surface area contributed by atoms with Gasteiger partial charge in [-0.1, -0.05) is 23.7 Å². The number of hydrogen-bond acceptors (Lipinski definition) is 3. The van der Waals surface area contributed by atoms with E-state index in [9.17, 15) is 9.90 Å². The molecular weight excluding hydrogens is 290 g/mol.